The van der Waals surface area contributed by atoms with Crippen molar-refractivity contribution in [3.05, 3.63) is 17.5 Å². The maximum atomic E-state index is 5.81. The predicted octanol–water partition coefficient (Wildman–Crippen LogP) is 2.17. The van der Waals surface area contributed by atoms with Crippen LogP contribution >= 0.6 is 11.5 Å². The van der Waals surface area contributed by atoms with Crippen LogP contribution in [0.4, 0.5) is 10.8 Å². The molecule has 0 fully saturated rings. The summed E-state index contributed by atoms with van der Waals surface area (Å²) >= 11 is 1.31. The van der Waals surface area contributed by atoms with Gasteiger partial charge in [0.05, 0.1) is 11.8 Å². The molecular formula is C12H19N5OS. The van der Waals surface area contributed by atoms with E-state index < -0.39 is 0 Å². The second-order valence-corrected chi connectivity index (χ2v) is 5.43. The summed E-state index contributed by atoms with van der Waals surface area (Å²) in [5.74, 6) is 1.07. The Hall–Kier alpha value is -1.76. The van der Waals surface area contributed by atoms with Crippen LogP contribution in [0.2, 0.25) is 0 Å². The first-order valence-corrected chi connectivity index (χ1v) is 6.89. The molecule has 0 atom stereocenters. The van der Waals surface area contributed by atoms with Crippen molar-refractivity contribution >= 4 is 22.4 Å². The topological polar surface area (TPSA) is 78.0 Å². The largest absolute Gasteiger partial charge is 0.484 e. The number of nitrogen functional groups attached to an aromatic ring is 1. The van der Waals surface area contributed by atoms with Gasteiger partial charge in [-0.05, 0) is 32.3 Å². The predicted molar refractivity (Wildman–Crippen MR) is 77.6 cm³/mol. The fraction of sp³-hybridized carbons (Fsp3) is 0.500. The molecule has 104 valence electrons. The van der Waals surface area contributed by atoms with Gasteiger partial charge in [0.1, 0.15) is 0 Å². The number of nitrogens with two attached hydrogens (primary N) is 1. The van der Waals surface area contributed by atoms with E-state index in [4.69, 9.17) is 10.5 Å². The van der Waals surface area contributed by atoms with Crippen LogP contribution in [0.25, 0.3) is 0 Å². The molecule has 0 bridgehead atoms. The SMILES string of the molecule is Cc1nn(C)cc1CNc1snc(N)c1OC(C)C. The zero-order valence-electron chi connectivity index (χ0n) is 11.6. The van der Waals surface area contributed by atoms with Crippen LogP contribution in [0, 0.1) is 6.92 Å². The number of rotatable bonds is 5. The molecule has 2 aromatic rings. The third-order valence-electron chi connectivity index (χ3n) is 2.58. The number of nitrogens with zero attached hydrogens (tertiary/aromatic N) is 3. The minimum Gasteiger partial charge on any atom is -0.484 e. The van der Waals surface area contributed by atoms with Crippen LogP contribution in [-0.2, 0) is 13.6 Å². The van der Waals surface area contributed by atoms with E-state index in [9.17, 15) is 0 Å². The monoisotopic (exact) mass is 281 g/mol. The zero-order valence-corrected chi connectivity index (χ0v) is 12.4. The Morgan fingerprint density at radius 3 is 2.84 bits per heavy atom. The third-order valence-corrected chi connectivity index (χ3v) is 3.38. The van der Waals surface area contributed by atoms with E-state index >= 15 is 0 Å². The van der Waals surface area contributed by atoms with Crippen LogP contribution in [-0.4, -0.2) is 20.3 Å². The number of aryl methyl sites for hydroxylation is 2. The molecular weight excluding hydrogens is 262 g/mol. The molecule has 0 aliphatic carbocycles. The van der Waals surface area contributed by atoms with Gasteiger partial charge in [0.15, 0.2) is 16.6 Å². The van der Waals surface area contributed by atoms with Gasteiger partial charge in [-0.1, -0.05) is 0 Å². The molecule has 0 saturated heterocycles. The molecule has 0 saturated carbocycles. The van der Waals surface area contributed by atoms with Crippen molar-refractivity contribution in [1.82, 2.24) is 14.2 Å². The van der Waals surface area contributed by atoms with E-state index in [0.717, 1.165) is 16.3 Å². The maximum absolute atomic E-state index is 5.81. The Kier molecular flexibility index (Phi) is 3.94. The molecule has 19 heavy (non-hydrogen) atoms. The normalized spacial score (nSPS) is 11.0. The number of hydrogen-bond acceptors (Lipinski definition) is 6. The molecule has 2 rings (SSSR count). The van der Waals surface area contributed by atoms with E-state index in [2.05, 4.69) is 14.8 Å². The molecule has 7 heteroatoms. The molecule has 6 nitrogen and oxygen atoms in total. The van der Waals surface area contributed by atoms with E-state index in [1.165, 1.54) is 11.5 Å². The Bertz CT molecular complexity index is 560. The summed E-state index contributed by atoms with van der Waals surface area (Å²) in [5.41, 5.74) is 7.97. The van der Waals surface area contributed by atoms with Gasteiger partial charge in [-0.25, -0.2) is 0 Å². The number of ether oxygens (including phenoxy) is 1. The van der Waals surface area contributed by atoms with Gasteiger partial charge in [-0.15, -0.1) is 0 Å². The Labute approximate surface area is 116 Å². The van der Waals surface area contributed by atoms with Crippen molar-refractivity contribution in [2.45, 2.75) is 33.4 Å². The zero-order chi connectivity index (χ0) is 14.0. The van der Waals surface area contributed by atoms with Crippen LogP contribution in [0.3, 0.4) is 0 Å². The second-order valence-electron chi connectivity index (χ2n) is 4.66. The maximum Gasteiger partial charge on any atom is 0.197 e. The minimum atomic E-state index is 0.0689. The van der Waals surface area contributed by atoms with E-state index in [-0.39, 0.29) is 6.10 Å². The Morgan fingerprint density at radius 2 is 2.26 bits per heavy atom. The number of anilines is 2. The summed E-state index contributed by atoms with van der Waals surface area (Å²) in [4.78, 5) is 0. The molecule has 0 aliphatic heterocycles. The Morgan fingerprint density at radius 1 is 1.53 bits per heavy atom. The van der Waals surface area contributed by atoms with Crippen molar-refractivity contribution in [1.29, 1.82) is 0 Å². The van der Waals surface area contributed by atoms with Gasteiger partial charge in [-0.3, -0.25) is 4.68 Å². The van der Waals surface area contributed by atoms with Crippen LogP contribution < -0.4 is 15.8 Å². The smallest absolute Gasteiger partial charge is 0.197 e. The highest BCUT2D eigenvalue weighted by atomic mass is 32.1. The van der Waals surface area contributed by atoms with Gasteiger partial charge in [0, 0.05) is 25.4 Å². The third kappa shape index (κ3) is 3.17. The van der Waals surface area contributed by atoms with Crippen molar-refractivity contribution < 1.29 is 4.74 Å². The second kappa shape index (κ2) is 5.48. The highest BCUT2D eigenvalue weighted by molar-refractivity contribution is 7.11. The molecule has 0 radical (unpaired) electrons. The summed E-state index contributed by atoms with van der Waals surface area (Å²) in [7, 11) is 1.91. The van der Waals surface area contributed by atoms with Gasteiger partial charge in [0.2, 0.25) is 0 Å². The van der Waals surface area contributed by atoms with Gasteiger partial charge < -0.3 is 15.8 Å². The average Bonchev–Trinajstić information content (AvgIpc) is 2.81. The van der Waals surface area contributed by atoms with Crippen LogP contribution in [0.15, 0.2) is 6.20 Å². The fourth-order valence-electron chi connectivity index (χ4n) is 1.75. The molecule has 0 aliphatic rings. The molecule has 0 amide bonds. The van der Waals surface area contributed by atoms with Gasteiger partial charge in [0.25, 0.3) is 0 Å². The fourth-order valence-corrected chi connectivity index (χ4v) is 2.40. The lowest BCUT2D eigenvalue weighted by Gasteiger charge is -2.11. The summed E-state index contributed by atoms with van der Waals surface area (Å²) < 4.78 is 11.6. The summed E-state index contributed by atoms with van der Waals surface area (Å²) in [6, 6.07) is 0. The van der Waals surface area contributed by atoms with Crippen LogP contribution in [0.5, 0.6) is 5.75 Å². The number of nitrogens with one attached hydrogen (secondary N) is 1. The molecule has 2 heterocycles. The van der Waals surface area contributed by atoms with E-state index in [0.29, 0.717) is 18.1 Å². The summed E-state index contributed by atoms with van der Waals surface area (Å²) in [5, 5.41) is 8.47. The standard InChI is InChI=1S/C12H19N5OS/c1-7(2)18-10-11(13)16-19-12(10)14-5-9-6-17(4)15-8(9)3/h6-7,14H,5H2,1-4H3,(H2,13,16). The van der Waals surface area contributed by atoms with Crippen molar-refractivity contribution in [2.24, 2.45) is 7.05 Å². The first-order chi connectivity index (χ1) is 8.97. The molecule has 0 unspecified atom stereocenters. The molecule has 3 N–H and O–H groups in total. The highest BCUT2D eigenvalue weighted by Gasteiger charge is 2.14. The van der Waals surface area contributed by atoms with Crippen molar-refractivity contribution in [3.63, 3.8) is 0 Å². The highest BCUT2D eigenvalue weighted by Crippen LogP contribution is 2.36. The number of hydrogen-bond donors (Lipinski definition) is 2. The van der Waals surface area contributed by atoms with Crippen molar-refractivity contribution in [2.75, 3.05) is 11.1 Å². The quantitative estimate of drug-likeness (QED) is 0.878. The summed E-state index contributed by atoms with van der Waals surface area (Å²) in [6.45, 7) is 6.59. The van der Waals surface area contributed by atoms with E-state index in [1.807, 2.05) is 34.0 Å². The van der Waals surface area contributed by atoms with Gasteiger partial charge in [-0.2, -0.15) is 9.47 Å². The lowest BCUT2D eigenvalue weighted by molar-refractivity contribution is 0.245. The summed E-state index contributed by atoms with van der Waals surface area (Å²) in [6.07, 6.45) is 2.06. The Balaban J connectivity index is 2.09. The van der Waals surface area contributed by atoms with E-state index in [1.54, 1.807) is 4.68 Å². The lowest BCUT2D eigenvalue weighted by Crippen LogP contribution is -2.08. The lowest BCUT2D eigenvalue weighted by atomic mass is 10.2. The first-order valence-electron chi connectivity index (χ1n) is 6.12. The molecule has 0 spiro atoms. The van der Waals surface area contributed by atoms with Crippen molar-refractivity contribution in [3.8, 4) is 5.75 Å². The first kappa shape index (κ1) is 13.7. The minimum absolute atomic E-state index is 0.0689. The molecule has 0 aromatic carbocycles. The van der Waals surface area contributed by atoms with Crippen LogP contribution in [0.1, 0.15) is 25.1 Å². The number of aromatic nitrogens is 3. The molecule has 2 aromatic heterocycles. The average molecular weight is 281 g/mol. The van der Waals surface area contributed by atoms with Gasteiger partial charge >= 0.3 is 0 Å².